The zero-order valence-electron chi connectivity index (χ0n) is 9.40. The summed E-state index contributed by atoms with van der Waals surface area (Å²) in [7, 11) is 0. The number of nitrogens with one attached hydrogen (secondary N) is 1. The van der Waals surface area contributed by atoms with Crippen LogP contribution in [0.5, 0.6) is 0 Å². The first-order chi connectivity index (χ1) is 8.29. The number of hydrogen-bond acceptors (Lipinski definition) is 3. The number of nitrogens with zero attached hydrogens (tertiary/aromatic N) is 1. The Morgan fingerprint density at radius 3 is 2.78 bits per heavy atom. The van der Waals surface area contributed by atoms with Crippen molar-refractivity contribution in [3.63, 3.8) is 0 Å². The van der Waals surface area contributed by atoms with Gasteiger partial charge in [-0.1, -0.05) is 0 Å². The highest BCUT2D eigenvalue weighted by Gasteiger charge is 2.29. The second-order valence-corrected chi connectivity index (χ2v) is 4.82. The van der Waals surface area contributed by atoms with Crippen LogP contribution < -0.4 is 10.0 Å². The summed E-state index contributed by atoms with van der Waals surface area (Å²) in [5.74, 6) is -0.763. The molecule has 1 aromatic rings. The molecule has 18 heavy (non-hydrogen) atoms. The Morgan fingerprint density at radius 1 is 1.56 bits per heavy atom. The van der Waals surface area contributed by atoms with Crippen LogP contribution in [0, 0.1) is 5.21 Å². The van der Waals surface area contributed by atoms with E-state index in [1.165, 1.54) is 25.3 Å². The second kappa shape index (κ2) is 5.94. The number of carbonyl (C=O) groups is 1. The minimum atomic E-state index is -4.44. The van der Waals surface area contributed by atoms with Crippen LogP contribution in [0.1, 0.15) is 6.92 Å². The highest BCUT2D eigenvalue weighted by Crippen LogP contribution is 2.20. The lowest BCUT2D eigenvalue weighted by atomic mass is 10.4. The normalized spacial score (nSPS) is 13.1. The van der Waals surface area contributed by atoms with Crippen molar-refractivity contribution in [3.05, 3.63) is 29.6 Å². The molecule has 0 unspecified atom stereocenters. The Labute approximate surface area is 106 Å². The van der Waals surface area contributed by atoms with Gasteiger partial charge in [-0.05, 0) is 24.8 Å². The monoisotopic (exact) mass is 280 g/mol. The molecule has 0 aromatic carbocycles. The number of carbonyl (C=O) groups excluding carboxylic acids is 1. The minimum Gasteiger partial charge on any atom is -0.618 e. The number of amides is 1. The zero-order valence-corrected chi connectivity index (χ0v) is 10.2. The number of rotatable bonds is 4. The first kappa shape index (κ1) is 14.6. The Hall–Kier alpha value is -1.44. The fraction of sp³-hybridized carbons (Fsp3) is 0.400. The topological polar surface area (TPSA) is 56.0 Å². The van der Waals surface area contributed by atoms with Gasteiger partial charge in [-0.3, -0.25) is 4.79 Å². The molecule has 1 amide bonds. The van der Waals surface area contributed by atoms with Gasteiger partial charge in [0.15, 0.2) is 6.20 Å². The molecule has 1 rings (SSSR count). The van der Waals surface area contributed by atoms with E-state index in [9.17, 15) is 23.2 Å². The number of thioether (sulfide) groups is 1. The molecule has 0 aliphatic rings. The Bertz CT molecular complexity index is 426. The standard InChI is InChI=1S/C10H11F3N2O2S/c1-7(9(16)14-6-10(11,12)13)18-8-4-2-3-5-15(8)17/h2-5,7H,6H2,1H3,(H,14,16)/t7-/m0/s1. The molecule has 1 atom stereocenters. The molecule has 0 saturated heterocycles. The molecule has 0 aliphatic carbocycles. The van der Waals surface area contributed by atoms with Crippen molar-refractivity contribution in [2.24, 2.45) is 0 Å². The van der Waals surface area contributed by atoms with E-state index >= 15 is 0 Å². The maximum absolute atomic E-state index is 11.9. The largest absolute Gasteiger partial charge is 0.618 e. The van der Waals surface area contributed by atoms with Gasteiger partial charge in [0.05, 0.1) is 5.25 Å². The molecule has 1 N–H and O–H groups in total. The van der Waals surface area contributed by atoms with E-state index in [4.69, 9.17) is 0 Å². The van der Waals surface area contributed by atoms with E-state index < -0.39 is 23.9 Å². The molecule has 0 fully saturated rings. The van der Waals surface area contributed by atoms with Gasteiger partial charge in [0, 0.05) is 12.1 Å². The molecule has 0 aliphatic heterocycles. The van der Waals surface area contributed by atoms with Gasteiger partial charge in [0.2, 0.25) is 5.91 Å². The number of pyridine rings is 1. The average Bonchev–Trinajstić information content (AvgIpc) is 2.28. The second-order valence-electron chi connectivity index (χ2n) is 3.46. The first-order valence-electron chi connectivity index (χ1n) is 4.99. The van der Waals surface area contributed by atoms with Gasteiger partial charge in [-0.15, -0.1) is 0 Å². The molecule has 8 heteroatoms. The van der Waals surface area contributed by atoms with E-state index in [0.29, 0.717) is 4.73 Å². The van der Waals surface area contributed by atoms with Gasteiger partial charge in [-0.25, -0.2) is 0 Å². The quantitative estimate of drug-likeness (QED) is 0.516. The molecular weight excluding hydrogens is 269 g/mol. The molecule has 1 heterocycles. The van der Waals surface area contributed by atoms with Crippen molar-refractivity contribution in [2.45, 2.75) is 23.4 Å². The summed E-state index contributed by atoms with van der Waals surface area (Å²) in [5, 5.41) is 12.5. The summed E-state index contributed by atoms with van der Waals surface area (Å²) in [6.45, 7) is 0.0618. The summed E-state index contributed by atoms with van der Waals surface area (Å²) in [6, 6.07) is 4.62. The fourth-order valence-electron chi connectivity index (χ4n) is 1.07. The predicted molar refractivity (Wildman–Crippen MR) is 59.8 cm³/mol. The predicted octanol–water partition coefficient (Wildman–Crippen LogP) is 1.48. The molecule has 0 bridgehead atoms. The zero-order chi connectivity index (χ0) is 13.8. The van der Waals surface area contributed by atoms with Gasteiger partial charge in [-0.2, -0.15) is 17.9 Å². The Balaban J connectivity index is 2.53. The van der Waals surface area contributed by atoms with Crippen LogP contribution in [0.15, 0.2) is 29.4 Å². The van der Waals surface area contributed by atoms with Crippen molar-refractivity contribution < 1.29 is 22.7 Å². The van der Waals surface area contributed by atoms with Gasteiger partial charge < -0.3 is 10.5 Å². The molecule has 1 aromatic heterocycles. The molecule has 0 radical (unpaired) electrons. The number of alkyl halides is 3. The van der Waals surface area contributed by atoms with Gasteiger partial charge >= 0.3 is 6.18 Å². The van der Waals surface area contributed by atoms with E-state index in [1.807, 2.05) is 0 Å². The van der Waals surface area contributed by atoms with E-state index in [-0.39, 0.29) is 5.03 Å². The number of aromatic nitrogens is 1. The molecular formula is C10H11F3N2O2S. The van der Waals surface area contributed by atoms with Crippen LogP contribution in [-0.2, 0) is 4.79 Å². The molecule has 0 saturated carbocycles. The lowest BCUT2D eigenvalue weighted by Crippen LogP contribution is -2.38. The maximum Gasteiger partial charge on any atom is 0.405 e. The molecule has 100 valence electrons. The smallest absolute Gasteiger partial charge is 0.405 e. The van der Waals surface area contributed by atoms with Crippen molar-refractivity contribution >= 4 is 17.7 Å². The summed E-state index contributed by atoms with van der Waals surface area (Å²) in [4.78, 5) is 11.4. The minimum absolute atomic E-state index is 0.257. The van der Waals surface area contributed by atoms with Gasteiger partial charge in [0.1, 0.15) is 6.54 Å². The van der Waals surface area contributed by atoms with Crippen LogP contribution >= 0.6 is 11.8 Å². The van der Waals surface area contributed by atoms with E-state index in [2.05, 4.69) is 0 Å². The highest BCUT2D eigenvalue weighted by atomic mass is 32.2. The maximum atomic E-state index is 11.9. The lowest BCUT2D eigenvalue weighted by molar-refractivity contribution is -0.645. The number of hydrogen-bond donors (Lipinski definition) is 1. The summed E-state index contributed by atoms with van der Waals surface area (Å²) in [6.07, 6.45) is -3.19. The third-order valence-electron chi connectivity index (χ3n) is 1.92. The van der Waals surface area contributed by atoms with Crippen LogP contribution in [0.2, 0.25) is 0 Å². The summed E-state index contributed by atoms with van der Waals surface area (Å²) in [5.41, 5.74) is 0. The van der Waals surface area contributed by atoms with Crippen molar-refractivity contribution in [3.8, 4) is 0 Å². The van der Waals surface area contributed by atoms with Crippen molar-refractivity contribution in [1.82, 2.24) is 5.32 Å². The third kappa shape index (κ3) is 4.82. The van der Waals surface area contributed by atoms with Crippen molar-refractivity contribution in [2.75, 3.05) is 6.54 Å². The third-order valence-corrected chi connectivity index (χ3v) is 3.04. The van der Waals surface area contributed by atoms with Gasteiger partial charge in [0.25, 0.3) is 5.03 Å². The fourth-order valence-corrected chi connectivity index (χ4v) is 1.94. The summed E-state index contributed by atoms with van der Waals surface area (Å²) >= 11 is 0.900. The van der Waals surface area contributed by atoms with Crippen LogP contribution in [-0.4, -0.2) is 23.9 Å². The highest BCUT2D eigenvalue weighted by molar-refractivity contribution is 8.00. The number of halogens is 3. The Morgan fingerprint density at radius 2 is 2.22 bits per heavy atom. The average molecular weight is 280 g/mol. The van der Waals surface area contributed by atoms with Crippen LogP contribution in [0.25, 0.3) is 0 Å². The van der Waals surface area contributed by atoms with Crippen molar-refractivity contribution in [1.29, 1.82) is 0 Å². The molecule has 4 nitrogen and oxygen atoms in total. The van der Waals surface area contributed by atoms with E-state index in [0.717, 1.165) is 11.8 Å². The Kier molecular flexibility index (Phi) is 4.83. The SMILES string of the molecule is C[C@H](Sc1cccc[n+]1[O-])C(=O)NCC(F)(F)F. The van der Waals surface area contributed by atoms with Crippen LogP contribution in [0.3, 0.4) is 0 Å². The molecule has 0 spiro atoms. The first-order valence-corrected chi connectivity index (χ1v) is 5.87. The van der Waals surface area contributed by atoms with Crippen LogP contribution in [0.4, 0.5) is 13.2 Å². The van der Waals surface area contributed by atoms with E-state index in [1.54, 1.807) is 11.4 Å². The lowest BCUT2D eigenvalue weighted by Gasteiger charge is -2.12. The summed E-state index contributed by atoms with van der Waals surface area (Å²) < 4.78 is 36.2.